The van der Waals surface area contributed by atoms with E-state index in [0.29, 0.717) is 0 Å². The van der Waals surface area contributed by atoms with Crippen LogP contribution >= 0.6 is 11.6 Å². The van der Waals surface area contributed by atoms with E-state index in [9.17, 15) is 0 Å². The number of nitrogens with zero attached hydrogens (tertiary/aromatic N) is 1. The molecule has 0 saturated carbocycles. The van der Waals surface area contributed by atoms with Gasteiger partial charge in [-0.15, -0.1) is 0 Å². The highest BCUT2D eigenvalue weighted by Gasteiger charge is 2.40. The predicted octanol–water partition coefficient (Wildman–Crippen LogP) is 3.31. The lowest BCUT2D eigenvalue weighted by Crippen LogP contribution is -2.44. The van der Waals surface area contributed by atoms with Crippen LogP contribution in [0.3, 0.4) is 0 Å². The average Bonchev–Trinajstić information content (AvgIpc) is 2.62. The zero-order chi connectivity index (χ0) is 12.5. The maximum absolute atomic E-state index is 6.12. The molecule has 18 heavy (non-hydrogen) atoms. The van der Waals surface area contributed by atoms with Crippen molar-refractivity contribution in [1.29, 1.82) is 0 Å². The molecular weight excluding hydrogens is 244 g/mol. The Bertz CT molecular complexity index is 407. The molecular formula is C15H21ClN2. The van der Waals surface area contributed by atoms with E-state index in [4.69, 9.17) is 11.6 Å². The van der Waals surface area contributed by atoms with Gasteiger partial charge in [0.05, 0.1) is 0 Å². The van der Waals surface area contributed by atoms with Crippen LogP contribution in [0.2, 0.25) is 5.02 Å². The molecule has 2 bridgehead atoms. The van der Waals surface area contributed by atoms with Crippen LogP contribution in [0, 0.1) is 5.92 Å². The van der Waals surface area contributed by atoms with E-state index < -0.39 is 0 Å². The summed E-state index contributed by atoms with van der Waals surface area (Å²) in [7, 11) is 2.06. The molecule has 0 aliphatic carbocycles. The van der Waals surface area contributed by atoms with E-state index in [-0.39, 0.29) is 0 Å². The Hall–Kier alpha value is -0.730. The third kappa shape index (κ3) is 2.24. The fourth-order valence-electron chi connectivity index (χ4n) is 3.80. The van der Waals surface area contributed by atoms with Gasteiger partial charge in [-0.2, -0.15) is 0 Å². The Morgan fingerprint density at radius 3 is 2.61 bits per heavy atom. The van der Waals surface area contributed by atoms with Crippen molar-refractivity contribution in [3.63, 3.8) is 0 Å². The van der Waals surface area contributed by atoms with Gasteiger partial charge in [0.2, 0.25) is 0 Å². The quantitative estimate of drug-likeness (QED) is 0.901. The largest absolute Gasteiger partial charge is 0.365 e. The Kier molecular flexibility index (Phi) is 3.49. The number of halogens is 1. The summed E-state index contributed by atoms with van der Waals surface area (Å²) in [6, 6.07) is 9.79. The van der Waals surface area contributed by atoms with Crippen molar-refractivity contribution in [1.82, 2.24) is 5.32 Å². The average molecular weight is 265 g/mol. The first-order valence-electron chi connectivity index (χ1n) is 6.96. The monoisotopic (exact) mass is 264 g/mol. The first-order valence-corrected chi connectivity index (χ1v) is 7.34. The lowest BCUT2D eigenvalue weighted by atomic mass is 9.90. The molecule has 1 aromatic rings. The molecule has 98 valence electrons. The van der Waals surface area contributed by atoms with Crippen LogP contribution in [-0.4, -0.2) is 25.7 Å². The van der Waals surface area contributed by atoms with Gasteiger partial charge in [0.15, 0.2) is 0 Å². The van der Waals surface area contributed by atoms with E-state index in [1.165, 1.54) is 31.4 Å². The van der Waals surface area contributed by atoms with Crippen molar-refractivity contribution < 1.29 is 0 Å². The van der Waals surface area contributed by atoms with Crippen LogP contribution in [0.1, 0.15) is 25.7 Å². The topological polar surface area (TPSA) is 15.3 Å². The maximum Gasteiger partial charge on any atom is 0.0426 e. The van der Waals surface area contributed by atoms with E-state index in [2.05, 4.69) is 35.5 Å². The number of hydrogen-bond donors (Lipinski definition) is 1. The van der Waals surface area contributed by atoms with Crippen LogP contribution in [0.25, 0.3) is 0 Å². The first-order chi connectivity index (χ1) is 8.78. The molecule has 2 saturated heterocycles. The standard InChI is InChI=1S/C15H21ClN2/c1-17-10-11-7-14-5-6-15(8-11)18(14)13-4-2-3-12(16)9-13/h2-4,9,11,14-15,17H,5-8,10H2,1H3. The fraction of sp³-hybridized carbons (Fsp3) is 0.600. The van der Waals surface area contributed by atoms with Crippen LogP contribution in [0.4, 0.5) is 5.69 Å². The molecule has 2 aliphatic heterocycles. The van der Waals surface area contributed by atoms with Crippen molar-refractivity contribution in [3.05, 3.63) is 29.3 Å². The van der Waals surface area contributed by atoms with Crippen LogP contribution < -0.4 is 10.2 Å². The number of anilines is 1. The molecule has 2 heterocycles. The van der Waals surface area contributed by atoms with Gasteiger partial charge in [-0.05, 0) is 63.4 Å². The van der Waals surface area contributed by atoms with Gasteiger partial charge < -0.3 is 10.2 Å². The normalized spacial score (nSPS) is 30.8. The van der Waals surface area contributed by atoms with Gasteiger partial charge in [0.1, 0.15) is 0 Å². The Morgan fingerprint density at radius 2 is 2.00 bits per heavy atom. The van der Waals surface area contributed by atoms with Gasteiger partial charge in [-0.3, -0.25) is 0 Å². The molecule has 2 fully saturated rings. The predicted molar refractivity (Wildman–Crippen MR) is 77.4 cm³/mol. The van der Waals surface area contributed by atoms with Gasteiger partial charge in [-0.1, -0.05) is 17.7 Å². The lowest BCUT2D eigenvalue weighted by molar-refractivity contribution is 0.333. The van der Waals surface area contributed by atoms with Gasteiger partial charge in [0, 0.05) is 22.8 Å². The number of piperidine rings is 1. The summed E-state index contributed by atoms with van der Waals surface area (Å²) >= 11 is 6.12. The molecule has 0 radical (unpaired) electrons. The smallest absolute Gasteiger partial charge is 0.0426 e. The van der Waals surface area contributed by atoms with Gasteiger partial charge in [-0.25, -0.2) is 0 Å². The second-order valence-electron chi connectivity index (χ2n) is 5.67. The van der Waals surface area contributed by atoms with Crippen molar-refractivity contribution >= 4 is 17.3 Å². The molecule has 0 spiro atoms. The summed E-state index contributed by atoms with van der Waals surface area (Å²) in [5.41, 5.74) is 1.32. The van der Waals surface area contributed by atoms with E-state index in [1.807, 2.05) is 6.07 Å². The Labute approximate surface area is 114 Å². The third-order valence-electron chi connectivity index (χ3n) is 4.43. The second-order valence-corrected chi connectivity index (χ2v) is 6.10. The minimum absolute atomic E-state index is 0.723. The highest BCUT2D eigenvalue weighted by Crippen LogP contribution is 2.41. The molecule has 0 aromatic heterocycles. The van der Waals surface area contributed by atoms with E-state index >= 15 is 0 Å². The van der Waals surface area contributed by atoms with E-state index in [1.54, 1.807) is 0 Å². The SMILES string of the molecule is CNCC1CC2CCC(C1)N2c1cccc(Cl)c1. The lowest BCUT2D eigenvalue weighted by Gasteiger charge is -2.40. The van der Waals surface area contributed by atoms with Crippen LogP contribution in [-0.2, 0) is 0 Å². The number of rotatable bonds is 3. The molecule has 0 amide bonds. The number of nitrogens with one attached hydrogen (secondary N) is 1. The Balaban J connectivity index is 1.79. The third-order valence-corrected chi connectivity index (χ3v) is 4.66. The number of fused-ring (bicyclic) bond motifs is 2. The highest BCUT2D eigenvalue weighted by atomic mass is 35.5. The molecule has 2 unspecified atom stereocenters. The Morgan fingerprint density at radius 1 is 1.28 bits per heavy atom. The highest BCUT2D eigenvalue weighted by molar-refractivity contribution is 6.30. The first kappa shape index (κ1) is 12.3. The number of benzene rings is 1. The van der Waals surface area contributed by atoms with Crippen molar-refractivity contribution in [2.75, 3.05) is 18.5 Å². The van der Waals surface area contributed by atoms with Gasteiger partial charge >= 0.3 is 0 Å². The zero-order valence-electron chi connectivity index (χ0n) is 10.9. The molecule has 2 nitrogen and oxygen atoms in total. The minimum Gasteiger partial charge on any atom is -0.365 e. The summed E-state index contributed by atoms with van der Waals surface area (Å²) in [5, 5.41) is 4.18. The van der Waals surface area contributed by atoms with Crippen LogP contribution in [0.5, 0.6) is 0 Å². The fourth-order valence-corrected chi connectivity index (χ4v) is 3.99. The summed E-state index contributed by atoms with van der Waals surface area (Å²) in [6.45, 7) is 1.16. The molecule has 1 aromatic carbocycles. The van der Waals surface area contributed by atoms with Crippen molar-refractivity contribution in [2.24, 2.45) is 5.92 Å². The summed E-state index contributed by atoms with van der Waals surface area (Å²) < 4.78 is 0. The summed E-state index contributed by atoms with van der Waals surface area (Å²) in [5.74, 6) is 0.850. The molecule has 2 atom stereocenters. The zero-order valence-corrected chi connectivity index (χ0v) is 11.7. The molecule has 1 N–H and O–H groups in total. The molecule has 2 aliphatic rings. The van der Waals surface area contributed by atoms with Crippen molar-refractivity contribution in [3.8, 4) is 0 Å². The maximum atomic E-state index is 6.12. The summed E-state index contributed by atoms with van der Waals surface area (Å²) in [6.07, 6.45) is 5.34. The summed E-state index contributed by atoms with van der Waals surface area (Å²) in [4.78, 5) is 2.62. The van der Waals surface area contributed by atoms with E-state index in [0.717, 1.165) is 29.6 Å². The second kappa shape index (κ2) is 5.10. The van der Waals surface area contributed by atoms with Crippen LogP contribution in [0.15, 0.2) is 24.3 Å². The van der Waals surface area contributed by atoms with Crippen molar-refractivity contribution in [2.45, 2.75) is 37.8 Å². The van der Waals surface area contributed by atoms with Gasteiger partial charge in [0.25, 0.3) is 0 Å². The minimum atomic E-state index is 0.723. The number of hydrogen-bond acceptors (Lipinski definition) is 2. The molecule has 3 rings (SSSR count). The molecule has 3 heteroatoms.